The van der Waals surface area contributed by atoms with Crippen LogP contribution in [0.3, 0.4) is 0 Å². The molecule has 2 aromatic rings. The van der Waals surface area contributed by atoms with Crippen LogP contribution < -0.4 is 0 Å². The van der Waals surface area contributed by atoms with E-state index in [1.807, 2.05) is 0 Å². The largest absolute Gasteiger partial charge is 0.478 e. The predicted octanol–water partition coefficient (Wildman–Crippen LogP) is 4.28. The van der Waals surface area contributed by atoms with Crippen LogP contribution in [0.2, 0.25) is 0 Å². The van der Waals surface area contributed by atoms with Gasteiger partial charge in [0.2, 0.25) is 9.84 Å². The van der Waals surface area contributed by atoms with E-state index in [1.54, 1.807) is 6.07 Å². The van der Waals surface area contributed by atoms with Crippen LogP contribution in [0.1, 0.15) is 42.1 Å². The third-order valence-corrected chi connectivity index (χ3v) is 9.04. The number of allylic oxidation sites excluding steroid dienone is 1. The van der Waals surface area contributed by atoms with Crippen LogP contribution in [0.15, 0.2) is 63.4 Å². The minimum Gasteiger partial charge on any atom is -0.478 e. The van der Waals surface area contributed by atoms with Crippen molar-refractivity contribution in [2.75, 3.05) is 6.54 Å². The molecule has 33 heavy (non-hydrogen) atoms. The number of sulfonamides is 1. The molecule has 2 aromatic carbocycles. The number of alkyl halides is 3. The predicted molar refractivity (Wildman–Crippen MR) is 113 cm³/mol. The number of hydrogen-bond acceptors (Lipinski definition) is 5. The topological polar surface area (TPSA) is 109 Å². The molecule has 7 nitrogen and oxygen atoms in total. The zero-order valence-electron chi connectivity index (χ0n) is 17.3. The van der Waals surface area contributed by atoms with Gasteiger partial charge in [-0.1, -0.05) is 18.2 Å². The summed E-state index contributed by atoms with van der Waals surface area (Å²) < 4.78 is 91.6. The van der Waals surface area contributed by atoms with Crippen LogP contribution in [0.25, 0.3) is 5.57 Å². The Morgan fingerprint density at radius 1 is 1.03 bits per heavy atom. The number of halogens is 3. The van der Waals surface area contributed by atoms with Gasteiger partial charge < -0.3 is 5.11 Å². The first kappa shape index (κ1) is 24.8. The number of carboxylic acid groups (broad SMARTS) is 1. The van der Waals surface area contributed by atoms with Gasteiger partial charge in [-0.25, -0.2) is 21.6 Å². The number of aromatic carboxylic acids is 1. The number of nitrogens with zero attached hydrogens (tertiary/aromatic N) is 1. The second-order valence-electron chi connectivity index (χ2n) is 7.41. The van der Waals surface area contributed by atoms with E-state index in [1.165, 1.54) is 25.1 Å². The van der Waals surface area contributed by atoms with E-state index in [4.69, 9.17) is 5.11 Å². The Morgan fingerprint density at radius 3 is 2.18 bits per heavy atom. The van der Waals surface area contributed by atoms with E-state index in [0.29, 0.717) is 9.87 Å². The van der Waals surface area contributed by atoms with Crippen LogP contribution >= 0.6 is 0 Å². The first-order valence-corrected chi connectivity index (χ1v) is 12.7. The number of benzene rings is 2. The second kappa shape index (κ2) is 8.82. The fourth-order valence-corrected chi connectivity index (χ4v) is 7.46. The average molecular weight is 504 g/mol. The summed E-state index contributed by atoms with van der Waals surface area (Å²) in [5, 5.41) is 8.52. The average Bonchev–Trinajstić information content (AvgIpc) is 2.93. The molecule has 12 heteroatoms. The molecule has 1 aliphatic rings. The molecule has 0 fully saturated rings. The van der Waals surface area contributed by atoms with Crippen LogP contribution in [-0.2, 0) is 19.9 Å². The monoisotopic (exact) mass is 503 g/mol. The van der Waals surface area contributed by atoms with E-state index in [2.05, 4.69) is 0 Å². The summed E-state index contributed by atoms with van der Waals surface area (Å²) in [5.74, 6) is -1.28. The van der Waals surface area contributed by atoms with Crippen LogP contribution in [0, 0.1) is 0 Å². The van der Waals surface area contributed by atoms with Crippen LogP contribution in [-0.4, -0.2) is 44.9 Å². The molecular formula is C21H20F3NO6S2. The van der Waals surface area contributed by atoms with E-state index in [-0.39, 0.29) is 27.3 Å². The lowest BCUT2D eigenvalue weighted by atomic mass is 10.1. The summed E-state index contributed by atoms with van der Waals surface area (Å²) in [6, 6.07) is 10.1. The van der Waals surface area contributed by atoms with Gasteiger partial charge in [0.15, 0.2) is 5.03 Å². The molecular weight excluding hydrogens is 483 g/mol. The Hall–Kier alpha value is -2.86. The Kier molecular flexibility index (Phi) is 6.62. The number of carboxylic acids is 1. The highest BCUT2D eigenvalue weighted by molar-refractivity contribution is 7.97. The SMILES string of the molecule is CC1=C(N(CCCCC(F)(F)F)S(=O)(=O)c2ccc(C(=O)O)cc2)S(=O)(=O)c2ccccc21. The third kappa shape index (κ3) is 4.91. The maximum Gasteiger partial charge on any atom is 0.389 e. The Morgan fingerprint density at radius 2 is 1.64 bits per heavy atom. The molecule has 0 aromatic heterocycles. The highest BCUT2D eigenvalue weighted by Gasteiger charge is 2.41. The van der Waals surface area contributed by atoms with Gasteiger partial charge in [0.25, 0.3) is 10.0 Å². The van der Waals surface area contributed by atoms with Gasteiger partial charge in [0.05, 0.1) is 15.4 Å². The van der Waals surface area contributed by atoms with E-state index < -0.39 is 56.4 Å². The summed E-state index contributed by atoms with van der Waals surface area (Å²) in [6.45, 7) is 0.934. The normalized spacial score (nSPS) is 15.4. The summed E-state index contributed by atoms with van der Waals surface area (Å²) in [7, 11) is -8.81. The molecule has 0 saturated heterocycles. The van der Waals surface area contributed by atoms with Gasteiger partial charge in [-0.05, 0) is 61.2 Å². The highest BCUT2D eigenvalue weighted by atomic mass is 32.2. The number of unbranched alkanes of at least 4 members (excludes halogenated alkanes) is 1. The van der Waals surface area contributed by atoms with Crippen molar-refractivity contribution in [2.45, 2.75) is 42.2 Å². The molecule has 3 rings (SSSR count). The summed E-state index contributed by atoms with van der Waals surface area (Å²) in [6.07, 6.45) is -6.21. The first-order chi connectivity index (χ1) is 15.3. The molecule has 1 aliphatic heterocycles. The fourth-order valence-electron chi connectivity index (χ4n) is 3.56. The number of rotatable bonds is 8. The molecule has 0 aliphatic carbocycles. The minimum absolute atomic E-state index is 0.0887. The Bertz CT molecular complexity index is 1310. The van der Waals surface area contributed by atoms with Crippen molar-refractivity contribution in [1.29, 1.82) is 0 Å². The molecule has 0 atom stereocenters. The fraction of sp³-hybridized carbons (Fsp3) is 0.286. The zero-order chi connectivity index (χ0) is 24.6. The quantitative estimate of drug-likeness (QED) is 0.539. The van der Waals surface area contributed by atoms with Gasteiger partial charge in [0, 0.05) is 13.0 Å². The lowest BCUT2D eigenvalue weighted by molar-refractivity contribution is -0.135. The molecule has 0 bridgehead atoms. The smallest absolute Gasteiger partial charge is 0.389 e. The van der Waals surface area contributed by atoms with Crippen molar-refractivity contribution in [1.82, 2.24) is 4.31 Å². The maximum atomic E-state index is 13.4. The summed E-state index contributed by atoms with van der Waals surface area (Å²) >= 11 is 0. The number of hydrogen-bond donors (Lipinski definition) is 1. The van der Waals surface area contributed by atoms with Gasteiger partial charge in [-0.15, -0.1) is 0 Å². The Labute approximate surface area is 189 Å². The third-order valence-electron chi connectivity index (χ3n) is 5.14. The lowest BCUT2D eigenvalue weighted by Gasteiger charge is -2.26. The molecule has 0 spiro atoms. The highest BCUT2D eigenvalue weighted by Crippen LogP contribution is 2.42. The lowest BCUT2D eigenvalue weighted by Crippen LogP contribution is -2.34. The van der Waals surface area contributed by atoms with Crippen molar-refractivity contribution in [2.24, 2.45) is 0 Å². The maximum absolute atomic E-state index is 13.4. The zero-order valence-corrected chi connectivity index (χ0v) is 19.0. The molecule has 0 amide bonds. The minimum atomic E-state index is -4.54. The van der Waals surface area contributed by atoms with Crippen molar-refractivity contribution < 1.29 is 39.9 Å². The van der Waals surface area contributed by atoms with Crippen molar-refractivity contribution >= 4 is 31.4 Å². The first-order valence-electron chi connectivity index (χ1n) is 9.75. The van der Waals surface area contributed by atoms with Gasteiger partial charge >= 0.3 is 12.1 Å². The second-order valence-corrected chi connectivity index (χ2v) is 11.1. The molecule has 1 N–H and O–H groups in total. The number of sulfone groups is 1. The van der Waals surface area contributed by atoms with E-state index >= 15 is 0 Å². The van der Waals surface area contributed by atoms with Crippen LogP contribution in [0.5, 0.6) is 0 Å². The van der Waals surface area contributed by atoms with Gasteiger partial charge in [0.1, 0.15) is 0 Å². The van der Waals surface area contributed by atoms with E-state index in [0.717, 1.165) is 24.3 Å². The molecule has 1 heterocycles. The number of carbonyl (C=O) groups is 1. The van der Waals surface area contributed by atoms with Crippen molar-refractivity contribution in [3.05, 3.63) is 64.7 Å². The molecule has 178 valence electrons. The van der Waals surface area contributed by atoms with Gasteiger partial charge in [-0.2, -0.15) is 13.2 Å². The van der Waals surface area contributed by atoms with Gasteiger partial charge in [-0.3, -0.25) is 4.31 Å². The van der Waals surface area contributed by atoms with E-state index in [9.17, 15) is 34.8 Å². The van der Waals surface area contributed by atoms with Crippen molar-refractivity contribution in [3.8, 4) is 0 Å². The number of fused-ring (bicyclic) bond motifs is 1. The summed E-state index contributed by atoms with van der Waals surface area (Å²) in [4.78, 5) is 10.6. The molecule has 0 saturated carbocycles. The summed E-state index contributed by atoms with van der Waals surface area (Å²) in [5.41, 5.74) is 0.290. The van der Waals surface area contributed by atoms with Crippen molar-refractivity contribution in [3.63, 3.8) is 0 Å². The van der Waals surface area contributed by atoms with Crippen LogP contribution in [0.4, 0.5) is 13.2 Å². The standard InChI is InChI=1S/C21H20F3NO6S2/c1-14-17-6-2-3-7-18(17)32(28,29)19(14)25(13-5-4-12-21(22,23)24)33(30,31)16-10-8-15(9-11-16)20(26)27/h2-3,6-11H,4-5,12-13H2,1H3,(H,26,27). The Balaban J connectivity index is 2.07. The molecule has 0 radical (unpaired) electrons. The molecule has 0 unspecified atom stereocenters.